The van der Waals surface area contributed by atoms with Crippen LogP contribution in [-0.2, 0) is 11.3 Å². The summed E-state index contributed by atoms with van der Waals surface area (Å²) in [5.74, 6) is 1.16. The van der Waals surface area contributed by atoms with Crippen molar-refractivity contribution in [1.29, 1.82) is 0 Å². The molecule has 7 heteroatoms. The van der Waals surface area contributed by atoms with E-state index in [2.05, 4.69) is 26.7 Å². The first-order chi connectivity index (χ1) is 10.4. The van der Waals surface area contributed by atoms with Gasteiger partial charge >= 0.3 is 0 Å². The lowest BCUT2D eigenvalue weighted by Crippen LogP contribution is -2.22. The molecule has 0 aliphatic rings. The standard InChI is InChI=1S/C15H19N5OS/c1-5-8-20-13(11-9-16-6-7-17-11)18-19-14(20)22-10-12(21)15(2,3)4/h5-7,9H,1,8,10H2,2-4H3. The number of hydrogen-bond donors (Lipinski definition) is 0. The minimum Gasteiger partial charge on any atom is -0.298 e. The summed E-state index contributed by atoms with van der Waals surface area (Å²) >= 11 is 1.38. The van der Waals surface area contributed by atoms with E-state index in [0.29, 0.717) is 29.0 Å². The number of rotatable bonds is 6. The summed E-state index contributed by atoms with van der Waals surface area (Å²) in [5, 5.41) is 9.03. The van der Waals surface area contributed by atoms with E-state index >= 15 is 0 Å². The van der Waals surface area contributed by atoms with Crippen LogP contribution in [0.4, 0.5) is 0 Å². The van der Waals surface area contributed by atoms with Gasteiger partial charge in [0.15, 0.2) is 11.0 Å². The molecule has 0 spiro atoms. The third kappa shape index (κ3) is 3.79. The van der Waals surface area contributed by atoms with Gasteiger partial charge in [0.1, 0.15) is 11.5 Å². The number of carbonyl (C=O) groups excluding carboxylic acids is 1. The van der Waals surface area contributed by atoms with Gasteiger partial charge in [-0.15, -0.1) is 16.8 Å². The van der Waals surface area contributed by atoms with E-state index in [1.807, 2.05) is 25.3 Å². The summed E-state index contributed by atoms with van der Waals surface area (Å²) in [6.07, 6.45) is 6.62. The van der Waals surface area contributed by atoms with Crippen LogP contribution in [0.15, 0.2) is 36.4 Å². The van der Waals surface area contributed by atoms with Gasteiger partial charge in [-0.1, -0.05) is 38.6 Å². The fourth-order valence-corrected chi connectivity index (χ4v) is 2.75. The van der Waals surface area contributed by atoms with E-state index in [4.69, 9.17) is 0 Å². The number of ketones is 1. The van der Waals surface area contributed by atoms with E-state index in [1.54, 1.807) is 24.7 Å². The molecule has 2 aromatic heterocycles. The van der Waals surface area contributed by atoms with Gasteiger partial charge in [0.25, 0.3) is 0 Å². The highest BCUT2D eigenvalue weighted by molar-refractivity contribution is 7.99. The summed E-state index contributed by atoms with van der Waals surface area (Å²) in [5.41, 5.74) is 0.287. The SMILES string of the molecule is C=CCn1c(SCC(=O)C(C)(C)C)nnc1-c1cnccn1. The number of aromatic nitrogens is 5. The smallest absolute Gasteiger partial charge is 0.192 e. The molecule has 0 radical (unpaired) electrons. The summed E-state index contributed by atoms with van der Waals surface area (Å²) in [4.78, 5) is 20.4. The van der Waals surface area contributed by atoms with Gasteiger partial charge in [0.2, 0.25) is 0 Å². The molecule has 0 aliphatic heterocycles. The van der Waals surface area contributed by atoms with Crippen LogP contribution in [0.5, 0.6) is 0 Å². The van der Waals surface area contributed by atoms with Crippen molar-refractivity contribution >= 4 is 17.5 Å². The molecular formula is C15H19N5OS. The molecule has 2 rings (SSSR count). The van der Waals surface area contributed by atoms with Crippen LogP contribution in [-0.4, -0.2) is 36.3 Å². The van der Waals surface area contributed by atoms with Gasteiger partial charge in [-0.05, 0) is 0 Å². The summed E-state index contributed by atoms with van der Waals surface area (Å²) in [7, 11) is 0. The van der Waals surface area contributed by atoms with Crippen molar-refractivity contribution < 1.29 is 4.79 Å². The van der Waals surface area contributed by atoms with Crippen LogP contribution in [0.25, 0.3) is 11.5 Å². The lowest BCUT2D eigenvalue weighted by Gasteiger charge is -2.15. The van der Waals surface area contributed by atoms with E-state index in [0.717, 1.165) is 0 Å². The van der Waals surface area contributed by atoms with Gasteiger partial charge < -0.3 is 0 Å². The van der Waals surface area contributed by atoms with Crippen LogP contribution >= 0.6 is 11.8 Å². The molecule has 0 saturated carbocycles. The van der Waals surface area contributed by atoms with E-state index in [1.165, 1.54) is 11.8 Å². The Morgan fingerprint density at radius 2 is 2.14 bits per heavy atom. The Bertz CT molecular complexity index is 660. The average molecular weight is 317 g/mol. The van der Waals surface area contributed by atoms with Crippen molar-refractivity contribution in [2.75, 3.05) is 5.75 Å². The Labute approximate surface area is 134 Å². The van der Waals surface area contributed by atoms with Gasteiger partial charge in [0.05, 0.1) is 11.9 Å². The molecule has 6 nitrogen and oxygen atoms in total. The van der Waals surface area contributed by atoms with Gasteiger partial charge in [-0.2, -0.15) is 0 Å². The third-order valence-corrected chi connectivity index (χ3v) is 3.96. The van der Waals surface area contributed by atoms with Crippen molar-refractivity contribution in [3.63, 3.8) is 0 Å². The number of nitrogens with zero attached hydrogens (tertiary/aromatic N) is 5. The van der Waals surface area contributed by atoms with E-state index in [-0.39, 0.29) is 11.2 Å². The van der Waals surface area contributed by atoms with Crippen molar-refractivity contribution in [3.05, 3.63) is 31.2 Å². The topological polar surface area (TPSA) is 73.6 Å². The van der Waals surface area contributed by atoms with Crippen LogP contribution in [0, 0.1) is 5.41 Å². The zero-order valence-electron chi connectivity index (χ0n) is 13.0. The quantitative estimate of drug-likeness (QED) is 0.602. The fraction of sp³-hybridized carbons (Fsp3) is 0.400. The van der Waals surface area contributed by atoms with Crippen molar-refractivity contribution in [2.24, 2.45) is 5.41 Å². The second-order valence-corrected chi connectivity index (χ2v) is 6.70. The highest BCUT2D eigenvalue weighted by Crippen LogP contribution is 2.25. The largest absolute Gasteiger partial charge is 0.298 e. The maximum atomic E-state index is 12.1. The molecule has 0 unspecified atom stereocenters. The highest BCUT2D eigenvalue weighted by Gasteiger charge is 2.23. The highest BCUT2D eigenvalue weighted by atomic mass is 32.2. The van der Waals surface area contributed by atoms with Gasteiger partial charge in [-0.3, -0.25) is 14.3 Å². The Balaban J connectivity index is 2.24. The zero-order valence-corrected chi connectivity index (χ0v) is 13.8. The lowest BCUT2D eigenvalue weighted by molar-refractivity contribution is -0.123. The molecule has 2 heterocycles. The Morgan fingerprint density at radius 1 is 1.36 bits per heavy atom. The predicted octanol–water partition coefficient (Wildman–Crippen LogP) is 2.63. The number of Topliss-reactive ketones (excluding diaryl/α,β-unsaturated/α-hetero) is 1. The zero-order chi connectivity index (χ0) is 16.2. The van der Waals surface area contributed by atoms with Crippen molar-refractivity contribution in [3.8, 4) is 11.5 Å². The minimum absolute atomic E-state index is 0.173. The maximum Gasteiger partial charge on any atom is 0.192 e. The van der Waals surface area contributed by atoms with Crippen LogP contribution < -0.4 is 0 Å². The number of carbonyl (C=O) groups is 1. The molecule has 0 bridgehead atoms. The molecule has 22 heavy (non-hydrogen) atoms. The molecular weight excluding hydrogens is 298 g/mol. The van der Waals surface area contributed by atoms with E-state index in [9.17, 15) is 4.79 Å². The second-order valence-electron chi connectivity index (χ2n) is 5.76. The van der Waals surface area contributed by atoms with Gasteiger partial charge in [-0.25, -0.2) is 4.98 Å². The van der Waals surface area contributed by atoms with Crippen LogP contribution in [0.1, 0.15) is 20.8 Å². The third-order valence-electron chi connectivity index (χ3n) is 2.99. The molecule has 0 aliphatic carbocycles. The Kier molecular flexibility index (Phi) is 5.07. The summed E-state index contributed by atoms with van der Waals surface area (Å²) in [6, 6.07) is 0. The van der Waals surface area contributed by atoms with Gasteiger partial charge in [0, 0.05) is 24.4 Å². The molecule has 0 atom stereocenters. The van der Waals surface area contributed by atoms with Crippen molar-refractivity contribution in [2.45, 2.75) is 32.5 Å². The predicted molar refractivity (Wildman–Crippen MR) is 86.4 cm³/mol. The normalized spacial score (nSPS) is 11.4. The monoisotopic (exact) mass is 317 g/mol. The first kappa shape index (κ1) is 16.4. The molecule has 0 fully saturated rings. The average Bonchev–Trinajstić information content (AvgIpc) is 2.88. The van der Waals surface area contributed by atoms with E-state index < -0.39 is 0 Å². The maximum absolute atomic E-state index is 12.1. The first-order valence-corrected chi connectivity index (χ1v) is 7.88. The minimum atomic E-state index is -0.357. The van der Waals surface area contributed by atoms with Crippen LogP contribution in [0.2, 0.25) is 0 Å². The molecule has 0 aromatic carbocycles. The number of hydrogen-bond acceptors (Lipinski definition) is 6. The first-order valence-electron chi connectivity index (χ1n) is 6.90. The fourth-order valence-electron chi connectivity index (χ4n) is 1.64. The second kappa shape index (κ2) is 6.83. The number of allylic oxidation sites excluding steroid dienone is 1. The van der Waals surface area contributed by atoms with Crippen molar-refractivity contribution in [1.82, 2.24) is 24.7 Å². The Hall–Kier alpha value is -2.02. The lowest BCUT2D eigenvalue weighted by atomic mass is 9.92. The molecule has 0 saturated heterocycles. The molecule has 116 valence electrons. The molecule has 0 amide bonds. The van der Waals surface area contributed by atoms with Crippen LogP contribution in [0.3, 0.4) is 0 Å². The molecule has 0 N–H and O–H groups in total. The summed E-state index contributed by atoms with van der Waals surface area (Å²) in [6.45, 7) is 10.0. The molecule has 2 aromatic rings. The summed E-state index contributed by atoms with van der Waals surface area (Å²) < 4.78 is 1.89. The Morgan fingerprint density at radius 3 is 2.73 bits per heavy atom. The number of thioether (sulfide) groups is 1.